The second-order valence-electron chi connectivity index (χ2n) is 2.90. The minimum Gasteiger partial charge on any atom is -0.0988 e. The molecule has 57 valence electrons. The third kappa shape index (κ3) is 5.61. The average molecular weight is 137 g/mol. The van der Waals surface area contributed by atoms with Gasteiger partial charge in [0.1, 0.15) is 0 Å². The van der Waals surface area contributed by atoms with Crippen molar-refractivity contribution in [2.45, 2.75) is 33.6 Å². The fraction of sp³-hybridized carbons (Fsp3) is 0.500. The lowest BCUT2D eigenvalue weighted by molar-refractivity contribution is 0.849. The van der Waals surface area contributed by atoms with Crippen LogP contribution in [0.25, 0.3) is 0 Å². The smallest absolute Gasteiger partial charge is 0.0300 e. The highest BCUT2D eigenvalue weighted by atomic mass is 14.0. The lowest BCUT2D eigenvalue weighted by Crippen LogP contribution is -1.81. The molecule has 0 heterocycles. The Morgan fingerprint density at radius 2 is 1.90 bits per heavy atom. The van der Waals surface area contributed by atoms with E-state index >= 15 is 0 Å². The Balaban J connectivity index is 3.43. The van der Waals surface area contributed by atoms with Crippen molar-refractivity contribution in [1.82, 2.24) is 0 Å². The van der Waals surface area contributed by atoms with E-state index in [2.05, 4.69) is 33.4 Å². The second kappa shape index (κ2) is 5.28. The van der Waals surface area contributed by atoms with E-state index in [0.717, 1.165) is 6.42 Å². The Kier molecular flexibility index (Phi) is 5.00. The van der Waals surface area contributed by atoms with Crippen molar-refractivity contribution in [2.75, 3.05) is 0 Å². The molecular weight excluding hydrogens is 120 g/mol. The Bertz CT molecular complexity index is 118. The van der Waals surface area contributed by atoms with Crippen molar-refractivity contribution in [3.8, 4) is 0 Å². The van der Waals surface area contributed by atoms with Gasteiger partial charge < -0.3 is 0 Å². The van der Waals surface area contributed by atoms with Crippen molar-refractivity contribution in [1.29, 1.82) is 0 Å². The molecule has 0 aliphatic rings. The van der Waals surface area contributed by atoms with Crippen LogP contribution in [0.4, 0.5) is 0 Å². The minimum absolute atomic E-state index is 1.15. The summed E-state index contributed by atoms with van der Waals surface area (Å²) in [5.74, 6) is 1.49. The molecule has 1 radical (unpaired) electrons. The summed E-state index contributed by atoms with van der Waals surface area (Å²) in [5, 5.41) is 0. The van der Waals surface area contributed by atoms with E-state index in [4.69, 9.17) is 0 Å². The van der Waals surface area contributed by atoms with Gasteiger partial charge in [-0.05, 0) is 25.7 Å². The van der Waals surface area contributed by atoms with Crippen LogP contribution < -0.4 is 0 Å². The van der Waals surface area contributed by atoms with Gasteiger partial charge in [0.05, 0.1) is 0 Å². The standard InChI is InChI=1S/C10H17/c1-5-10(4)8-6-7-9(2)3/h5,8H,1,6-7H2,2-4H3. The molecule has 0 rings (SSSR count). The first-order chi connectivity index (χ1) is 4.66. The van der Waals surface area contributed by atoms with E-state index in [0.29, 0.717) is 0 Å². The van der Waals surface area contributed by atoms with Crippen molar-refractivity contribution in [2.24, 2.45) is 0 Å². The Morgan fingerprint density at radius 1 is 1.30 bits per heavy atom. The quantitative estimate of drug-likeness (QED) is 0.520. The molecule has 0 saturated carbocycles. The molecule has 0 atom stereocenters. The first-order valence-electron chi connectivity index (χ1n) is 3.75. The van der Waals surface area contributed by atoms with Gasteiger partial charge in [0.2, 0.25) is 0 Å². The van der Waals surface area contributed by atoms with E-state index in [-0.39, 0.29) is 0 Å². The highest BCUT2D eigenvalue weighted by Crippen LogP contribution is 2.08. The molecule has 0 saturated heterocycles. The largest absolute Gasteiger partial charge is 0.0988 e. The highest BCUT2D eigenvalue weighted by Gasteiger charge is 1.90. The maximum Gasteiger partial charge on any atom is -0.0300 e. The second-order valence-corrected chi connectivity index (χ2v) is 2.90. The molecule has 0 unspecified atom stereocenters. The zero-order valence-electron chi connectivity index (χ0n) is 7.28. The predicted molar refractivity (Wildman–Crippen MR) is 47.8 cm³/mol. The molecule has 0 aromatic carbocycles. The lowest BCUT2D eigenvalue weighted by atomic mass is 10.1. The van der Waals surface area contributed by atoms with Crippen molar-refractivity contribution in [3.05, 3.63) is 30.2 Å². The molecule has 0 aromatic heterocycles. The summed E-state index contributed by atoms with van der Waals surface area (Å²) in [6, 6.07) is 0. The molecule has 0 aromatic rings. The number of rotatable bonds is 4. The molecule has 0 N–H and O–H groups in total. The van der Waals surface area contributed by atoms with E-state index < -0.39 is 0 Å². The summed E-state index contributed by atoms with van der Waals surface area (Å²) in [7, 11) is 0. The summed E-state index contributed by atoms with van der Waals surface area (Å²) in [5.41, 5.74) is 1.28. The molecule has 0 bridgehead atoms. The van der Waals surface area contributed by atoms with E-state index in [1.807, 2.05) is 6.08 Å². The topological polar surface area (TPSA) is 0 Å². The Morgan fingerprint density at radius 3 is 2.30 bits per heavy atom. The van der Waals surface area contributed by atoms with Gasteiger partial charge in [-0.15, -0.1) is 0 Å². The zero-order chi connectivity index (χ0) is 7.98. The Hall–Kier alpha value is -0.520. The summed E-state index contributed by atoms with van der Waals surface area (Å²) < 4.78 is 0. The maximum absolute atomic E-state index is 3.68. The number of hydrogen-bond donors (Lipinski definition) is 0. The minimum atomic E-state index is 1.15. The van der Waals surface area contributed by atoms with Crippen LogP contribution in [0, 0.1) is 5.92 Å². The molecule has 0 aliphatic heterocycles. The number of allylic oxidation sites excluding steroid dienone is 3. The zero-order valence-corrected chi connectivity index (χ0v) is 7.28. The predicted octanol–water partition coefficient (Wildman–Crippen LogP) is 3.51. The van der Waals surface area contributed by atoms with Crippen LogP contribution in [-0.4, -0.2) is 0 Å². The van der Waals surface area contributed by atoms with Gasteiger partial charge in [0.25, 0.3) is 0 Å². The van der Waals surface area contributed by atoms with Gasteiger partial charge in [0.15, 0.2) is 0 Å². The normalized spacial score (nSPS) is 12.2. The molecular formula is C10H17. The van der Waals surface area contributed by atoms with E-state index in [9.17, 15) is 0 Å². The van der Waals surface area contributed by atoms with Crippen molar-refractivity contribution >= 4 is 0 Å². The van der Waals surface area contributed by atoms with Gasteiger partial charge in [-0.1, -0.05) is 38.2 Å². The molecule has 0 heteroatoms. The fourth-order valence-electron chi connectivity index (χ4n) is 0.672. The van der Waals surface area contributed by atoms with Crippen LogP contribution in [0.3, 0.4) is 0 Å². The van der Waals surface area contributed by atoms with Gasteiger partial charge in [-0.2, -0.15) is 0 Å². The van der Waals surface area contributed by atoms with E-state index in [1.165, 1.54) is 17.9 Å². The van der Waals surface area contributed by atoms with Crippen LogP contribution in [0.5, 0.6) is 0 Å². The van der Waals surface area contributed by atoms with E-state index in [1.54, 1.807) is 0 Å². The molecule has 0 nitrogen and oxygen atoms in total. The molecule has 0 fully saturated rings. The monoisotopic (exact) mass is 137 g/mol. The lowest BCUT2D eigenvalue weighted by Gasteiger charge is -1.98. The van der Waals surface area contributed by atoms with Crippen LogP contribution in [0.2, 0.25) is 0 Å². The summed E-state index contributed by atoms with van der Waals surface area (Å²) in [6.45, 7) is 10.1. The highest BCUT2D eigenvalue weighted by molar-refractivity contribution is 5.12. The van der Waals surface area contributed by atoms with Crippen LogP contribution in [0.1, 0.15) is 33.6 Å². The number of hydrogen-bond acceptors (Lipinski definition) is 0. The molecule has 0 amide bonds. The van der Waals surface area contributed by atoms with Crippen LogP contribution >= 0.6 is 0 Å². The summed E-state index contributed by atoms with van der Waals surface area (Å²) in [6.07, 6.45) is 6.47. The average Bonchev–Trinajstić information content (AvgIpc) is 1.87. The van der Waals surface area contributed by atoms with Crippen LogP contribution in [-0.2, 0) is 0 Å². The van der Waals surface area contributed by atoms with Gasteiger partial charge in [-0.25, -0.2) is 0 Å². The third-order valence-electron chi connectivity index (χ3n) is 1.43. The maximum atomic E-state index is 3.68. The molecule has 10 heavy (non-hydrogen) atoms. The van der Waals surface area contributed by atoms with Gasteiger partial charge in [0, 0.05) is 0 Å². The van der Waals surface area contributed by atoms with Gasteiger partial charge >= 0.3 is 0 Å². The third-order valence-corrected chi connectivity index (χ3v) is 1.43. The summed E-state index contributed by atoms with van der Waals surface area (Å²) >= 11 is 0. The first-order valence-corrected chi connectivity index (χ1v) is 3.75. The fourth-order valence-corrected chi connectivity index (χ4v) is 0.672. The SMILES string of the molecule is C=CC(C)=CCC[C](C)C. The van der Waals surface area contributed by atoms with Crippen molar-refractivity contribution in [3.63, 3.8) is 0 Å². The first kappa shape index (κ1) is 9.48. The summed E-state index contributed by atoms with van der Waals surface area (Å²) in [4.78, 5) is 0. The van der Waals surface area contributed by atoms with Gasteiger partial charge in [-0.3, -0.25) is 0 Å². The molecule has 0 spiro atoms. The Labute approximate surface area is 64.6 Å². The molecule has 0 aliphatic carbocycles. The van der Waals surface area contributed by atoms with Crippen LogP contribution in [0.15, 0.2) is 24.3 Å². The van der Waals surface area contributed by atoms with Crippen molar-refractivity contribution < 1.29 is 0 Å².